The lowest BCUT2D eigenvalue weighted by molar-refractivity contribution is -0.145. The molecule has 9 nitrogen and oxygen atoms in total. The van der Waals surface area contributed by atoms with Gasteiger partial charge in [0.2, 0.25) is 5.91 Å². The predicted octanol–water partition coefficient (Wildman–Crippen LogP) is -1.70. The highest BCUT2D eigenvalue weighted by Gasteiger charge is 2.24. The van der Waals surface area contributed by atoms with E-state index in [4.69, 9.17) is 10.2 Å². The first-order valence-electron chi connectivity index (χ1n) is 4.94. The highest BCUT2D eigenvalue weighted by atomic mass is 16.4. The van der Waals surface area contributed by atoms with Crippen molar-refractivity contribution in [1.82, 2.24) is 15.5 Å². The van der Waals surface area contributed by atoms with Gasteiger partial charge in [-0.2, -0.15) is 0 Å². The third-order valence-corrected chi connectivity index (χ3v) is 1.98. The minimum Gasteiger partial charge on any atom is -0.481 e. The number of amides is 3. The lowest BCUT2D eigenvalue weighted by Crippen LogP contribution is -2.49. The normalized spacial score (nSPS) is 11.2. The van der Waals surface area contributed by atoms with Gasteiger partial charge in [0.1, 0.15) is 12.6 Å². The Bertz CT molecular complexity index is 356. The highest BCUT2D eigenvalue weighted by Crippen LogP contribution is 1.95. The average molecular weight is 261 g/mol. The van der Waals surface area contributed by atoms with E-state index in [0.29, 0.717) is 0 Å². The van der Waals surface area contributed by atoms with Gasteiger partial charge in [-0.15, -0.1) is 0 Å². The van der Waals surface area contributed by atoms with Crippen LogP contribution in [-0.4, -0.2) is 65.7 Å². The van der Waals surface area contributed by atoms with Crippen molar-refractivity contribution in [3.63, 3.8) is 0 Å². The van der Waals surface area contributed by atoms with Crippen LogP contribution >= 0.6 is 0 Å². The number of urea groups is 1. The largest absolute Gasteiger partial charge is 0.481 e. The van der Waals surface area contributed by atoms with Gasteiger partial charge in [0.05, 0.1) is 6.42 Å². The number of carbonyl (C=O) groups is 4. The van der Waals surface area contributed by atoms with Gasteiger partial charge in [-0.25, -0.2) is 9.59 Å². The van der Waals surface area contributed by atoms with Crippen LogP contribution in [0.4, 0.5) is 4.79 Å². The zero-order chi connectivity index (χ0) is 14.3. The maximum Gasteiger partial charge on any atom is 0.326 e. The fraction of sp³-hybridized carbons (Fsp3) is 0.556. The second kappa shape index (κ2) is 7.09. The topological polar surface area (TPSA) is 136 Å². The summed E-state index contributed by atoms with van der Waals surface area (Å²) in [6.07, 6.45) is -0.741. The number of rotatable bonds is 6. The van der Waals surface area contributed by atoms with E-state index < -0.39 is 36.3 Å². The van der Waals surface area contributed by atoms with Gasteiger partial charge in [-0.3, -0.25) is 9.59 Å². The molecule has 0 rings (SSSR count). The monoisotopic (exact) mass is 261 g/mol. The molecule has 1 unspecified atom stereocenters. The number of hydrogen-bond acceptors (Lipinski definition) is 4. The summed E-state index contributed by atoms with van der Waals surface area (Å²) in [5.74, 6) is -3.24. The molecule has 0 radical (unpaired) electrons. The van der Waals surface area contributed by atoms with Crippen LogP contribution in [0.3, 0.4) is 0 Å². The van der Waals surface area contributed by atoms with Gasteiger partial charge >= 0.3 is 18.0 Å². The Morgan fingerprint density at radius 1 is 1.22 bits per heavy atom. The summed E-state index contributed by atoms with van der Waals surface area (Å²) in [7, 11) is 2.67. The van der Waals surface area contributed by atoms with Crippen LogP contribution in [0.1, 0.15) is 6.42 Å². The smallest absolute Gasteiger partial charge is 0.326 e. The summed E-state index contributed by atoms with van der Waals surface area (Å²) in [5.41, 5.74) is 0. The van der Waals surface area contributed by atoms with Crippen LogP contribution in [-0.2, 0) is 14.4 Å². The zero-order valence-electron chi connectivity index (χ0n) is 9.97. The molecule has 0 heterocycles. The molecule has 0 bridgehead atoms. The number of aliphatic carboxylic acids is 2. The Morgan fingerprint density at radius 2 is 1.78 bits per heavy atom. The molecule has 0 aliphatic heterocycles. The van der Waals surface area contributed by atoms with E-state index in [9.17, 15) is 19.2 Å². The minimum atomic E-state index is -1.54. The molecule has 0 fully saturated rings. The van der Waals surface area contributed by atoms with E-state index >= 15 is 0 Å². The van der Waals surface area contributed by atoms with Crippen molar-refractivity contribution in [2.24, 2.45) is 0 Å². The minimum absolute atomic E-state index is 0.262. The molecule has 102 valence electrons. The number of likely N-dealkylation sites (N-methyl/N-ethyl adjacent to an activating group) is 2. The second-order valence-corrected chi connectivity index (χ2v) is 3.47. The molecule has 9 heteroatoms. The van der Waals surface area contributed by atoms with E-state index in [1.807, 2.05) is 5.32 Å². The molecule has 0 aromatic rings. The highest BCUT2D eigenvalue weighted by molar-refractivity contribution is 5.88. The number of carboxylic acids is 2. The van der Waals surface area contributed by atoms with Crippen molar-refractivity contribution in [1.29, 1.82) is 0 Å². The molecule has 1 atom stereocenters. The summed E-state index contributed by atoms with van der Waals surface area (Å²) in [6, 6.07) is -2.38. The Morgan fingerprint density at radius 3 is 2.17 bits per heavy atom. The van der Waals surface area contributed by atoms with Gasteiger partial charge in [-0.1, -0.05) is 0 Å². The van der Waals surface area contributed by atoms with E-state index in [-0.39, 0.29) is 6.54 Å². The van der Waals surface area contributed by atoms with Crippen LogP contribution in [0.15, 0.2) is 0 Å². The molecule has 0 saturated carbocycles. The summed E-state index contributed by atoms with van der Waals surface area (Å²) in [6.45, 7) is -0.262. The van der Waals surface area contributed by atoms with Crippen molar-refractivity contribution in [2.45, 2.75) is 12.5 Å². The lowest BCUT2D eigenvalue weighted by atomic mass is 10.2. The summed E-state index contributed by atoms with van der Waals surface area (Å²) in [5, 5.41) is 21.5. The number of carbonyl (C=O) groups excluding carboxylic acids is 2. The maximum atomic E-state index is 11.5. The Labute approximate surface area is 103 Å². The first-order chi connectivity index (χ1) is 8.27. The van der Waals surface area contributed by atoms with E-state index in [2.05, 4.69) is 5.32 Å². The Hall–Kier alpha value is -2.32. The van der Waals surface area contributed by atoms with Crippen LogP contribution in [0, 0.1) is 0 Å². The molecule has 0 aliphatic carbocycles. The second-order valence-electron chi connectivity index (χ2n) is 3.47. The maximum absolute atomic E-state index is 11.5. The van der Waals surface area contributed by atoms with Crippen LogP contribution in [0.5, 0.6) is 0 Å². The molecule has 0 saturated heterocycles. The molecular weight excluding hydrogens is 246 g/mol. The molecule has 4 N–H and O–H groups in total. The molecule has 0 aromatic carbocycles. The quantitative estimate of drug-likeness (QED) is 0.450. The van der Waals surface area contributed by atoms with Gasteiger partial charge in [0, 0.05) is 14.1 Å². The van der Waals surface area contributed by atoms with Crippen molar-refractivity contribution in [3.05, 3.63) is 0 Å². The van der Waals surface area contributed by atoms with Crippen LogP contribution in [0.25, 0.3) is 0 Å². The summed E-state index contributed by atoms with van der Waals surface area (Å²) in [4.78, 5) is 44.5. The van der Waals surface area contributed by atoms with Crippen molar-refractivity contribution in [3.8, 4) is 0 Å². The lowest BCUT2D eigenvalue weighted by Gasteiger charge is -2.19. The zero-order valence-corrected chi connectivity index (χ0v) is 9.97. The van der Waals surface area contributed by atoms with Crippen molar-refractivity contribution in [2.75, 3.05) is 20.6 Å². The molecule has 0 aromatic heterocycles. The predicted molar refractivity (Wildman–Crippen MR) is 58.9 cm³/mol. The molecule has 18 heavy (non-hydrogen) atoms. The van der Waals surface area contributed by atoms with Crippen LogP contribution in [0.2, 0.25) is 0 Å². The number of nitrogens with zero attached hydrogens (tertiary/aromatic N) is 1. The first kappa shape index (κ1) is 15.7. The number of carboxylic acid groups (broad SMARTS) is 2. The molecule has 0 aliphatic rings. The van der Waals surface area contributed by atoms with Gasteiger partial charge in [-0.05, 0) is 0 Å². The molecule has 3 amide bonds. The van der Waals surface area contributed by atoms with Gasteiger partial charge in [0.15, 0.2) is 0 Å². The first-order valence-corrected chi connectivity index (χ1v) is 4.94. The average Bonchev–Trinajstić information content (AvgIpc) is 2.26. The van der Waals surface area contributed by atoms with Gasteiger partial charge in [0.25, 0.3) is 0 Å². The Kier molecular flexibility index (Phi) is 6.18. The van der Waals surface area contributed by atoms with E-state index in [1.54, 1.807) is 0 Å². The fourth-order valence-electron chi connectivity index (χ4n) is 1.00. The van der Waals surface area contributed by atoms with E-state index in [1.165, 1.54) is 14.1 Å². The third-order valence-electron chi connectivity index (χ3n) is 1.98. The van der Waals surface area contributed by atoms with E-state index in [0.717, 1.165) is 4.90 Å². The third kappa shape index (κ3) is 5.68. The number of nitrogens with one attached hydrogen (secondary N) is 2. The van der Waals surface area contributed by atoms with Crippen molar-refractivity contribution < 1.29 is 29.4 Å². The molecule has 0 spiro atoms. The Balaban J connectivity index is 4.45. The summed E-state index contributed by atoms with van der Waals surface area (Å²) >= 11 is 0. The SMILES string of the molecule is CNC(=O)CN(C)C(=O)NC(CC(=O)O)C(=O)O. The molecular formula is C9H15N3O6. The van der Waals surface area contributed by atoms with Gasteiger partial charge < -0.3 is 25.7 Å². The standard InChI is InChI=1S/C9H15N3O6/c1-10-6(13)4-12(2)9(18)11-5(8(16)17)3-7(14)15/h5H,3-4H2,1-2H3,(H,10,13)(H,11,18)(H,14,15)(H,16,17). The summed E-state index contributed by atoms with van der Waals surface area (Å²) < 4.78 is 0. The van der Waals surface area contributed by atoms with Crippen LogP contribution < -0.4 is 10.6 Å². The van der Waals surface area contributed by atoms with Crippen molar-refractivity contribution >= 4 is 23.9 Å². The number of hydrogen-bond donors (Lipinski definition) is 4. The fourth-order valence-corrected chi connectivity index (χ4v) is 1.00.